The zero-order valence-electron chi connectivity index (χ0n) is 17.5. The number of rotatable bonds is 5. The number of sulfonamides is 1. The van der Waals surface area contributed by atoms with Gasteiger partial charge in [0.15, 0.2) is 11.6 Å². The van der Waals surface area contributed by atoms with E-state index < -0.39 is 10.0 Å². The van der Waals surface area contributed by atoms with Gasteiger partial charge >= 0.3 is 0 Å². The molecule has 8 heteroatoms. The summed E-state index contributed by atoms with van der Waals surface area (Å²) in [5.74, 6) is 0.572. The molecule has 1 saturated heterocycles. The first kappa shape index (κ1) is 21.1. The highest BCUT2D eigenvalue weighted by molar-refractivity contribution is 7.89. The van der Waals surface area contributed by atoms with Gasteiger partial charge in [-0.1, -0.05) is 36.4 Å². The molecule has 0 spiro atoms. The zero-order valence-corrected chi connectivity index (χ0v) is 18.3. The van der Waals surface area contributed by atoms with Crippen LogP contribution in [0.15, 0.2) is 65.6 Å². The number of carbonyl (C=O) groups is 1. The Kier molecular flexibility index (Phi) is 5.84. The van der Waals surface area contributed by atoms with Crippen molar-refractivity contribution >= 4 is 21.6 Å². The van der Waals surface area contributed by atoms with Crippen LogP contribution in [0.25, 0.3) is 11.3 Å². The van der Waals surface area contributed by atoms with E-state index in [1.165, 1.54) is 23.4 Å². The maximum Gasteiger partial charge on any atom is 0.243 e. The Morgan fingerprint density at radius 1 is 0.903 bits per heavy atom. The SMILES string of the molecule is CC(=O)c1cccc(S(=O)(=O)N2CCN(c3ccc(-c4ccccc4C)nn3)CC2)c1. The number of anilines is 1. The zero-order chi connectivity index (χ0) is 22.0. The molecule has 0 unspecified atom stereocenters. The molecule has 2 aromatic carbocycles. The summed E-state index contributed by atoms with van der Waals surface area (Å²) in [7, 11) is -3.65. The number of hydrogen-bond donors (Lipinski definition) is 0. The molecule has 31 heavy (non-hydrogen) atoms. The number of nitrogens with zero attached hydrogens (tertiary/aromatic N) is 4. The van der Waals surface area contributed by atoms with Crippen molar-refractivity contribution < 1.29 is 13.2 Å². The van der Waals surface area contributed by atoms with Crippen LogP contribution in [0.3, 0.4) is 0 Å². The van der Waals surface area contributed by atoms with Gasteiger partial charge in [0.2, 0.25) is 10.0 Å². The molecule has 0 amide bonds. The monoisotopic (exact) mass is 436 g/mol. The lowest BCUT2D eigenvalue weighted by atomic mass is 10.1. The van der Waals surface area contributed by atoms with Gasteiger partial charge in [0.1, 0.15) is 0 Å². The van der Waals surface area contributed by atoms with Gasteiger partial charge < -0.3 is 4.90 Å². The van der Waals surface area contributed by atoms with Crippen LogP contribution in [-0.2, 0) is 10.0 Å². The van der Waals surface area contributed by atoms with Crippen LogP contribution in [-0.4, -0.2) is 54.9 Å². The van der Waals surface area contributed by atoms with E-state index in [0.717, 1.165) is 22.6 Å². The van der Waals surface area contributed by atoms with E-state index in [2.05, 4.69) is 10.2 Å². The summed E-state index contributed by atoms with van der Waals surface area (Å²) >= 11 is 0. The number of carbonyl (C=O) groups excluding carboxylic acids is 1. The summed E-state index contributed by atoms with van der Waals surface area (Å²) in [5.41, 5.74) is 3.39. The molecule has 1 aliphatic rings. The number of hydrogen-bond acceptors (Lipinski definition) is 6. The molecule has 2 heterocycles. The average molecular weight is 437 g/mol. The van der Waals surface area contributed by atoms with Crippen LogP contribution in [0.4, 0.5) is 5.82 Å². The van der Waals surface area contributed by atoms with Gasteiger partial charge in [-0.05, 0) is 43.7 Å². The minimum Gasteiger partial charge on any atom is -0.352 e. The molecule has 4 rings (SSSR count). The van der Waals surface area contributed by atoms with Crippen molar-refractivity contribution in [2.45, 2.75) is 18.7 Å². The summed E-state index contributed by atoms with van der Waals surface area (Å²) in [6.45, 7) is 5.18. The maximum absolute atomic E-state index is 13.0. The van der Waals surface area contributed by atoms with Gasteiger partial charge in [-0.25, -0.2) is 8.42 Å². The lowest BCUT2D eigenvalue weighted by molar-refractivity contribution is 0.101. The number of Topliss-reactive ketones (excluding diaryl/α,β-unsaturated/α-hetero) is 1. The van der Waals surface area contributed by atoms with Gasteiger partial charge in [0.05, 0.1) is 10.6 Å². The third-order valence-corrected chi connectivity index (χ3v) is 7.41. The Morgan fingerprint density at radius 2 is 1.65 bits per heavy atom. The summed E-state index contributed by atoms with van der Waals surface area (Å²) in [4.78, 5) is 13.8. The van der Waals surface area contributed by atoms with Crippen molar-refractivity contribution in [3.63, 3.8) is 0 Å². The quantitative estimate of drug-likeness (QED) is 0.572. The third kappa shape index (κ3) is 4.35. The molecular weight excluding hydrogens is 412 g/mol. The lowest BCUT2D eigenvalue weighted by Crippen LogP contribution is -2.49. The summed E-state index contributed by atoms with van der Waals surface area (Å²) in [6, 6.07) is 18.1. The first-order valence-electron chi connectivity index (χ1n) is 10.1. The Labute approximate surface area is 182 Å². The van der Waals surface area contributed by atoms with E-state index in [9.17, 15) is 13.2 Å². The maximum atomic E-state index is 13.0. The molecule has 0 aliphatic carbocycles. The van der Waals surface area contributed by atoms with Crippen molar-refractivity contribution in [1.29, 1.82) is 0 Å². The van der Waals surface area contributed by atoms with E-state index in [0.29, 0.717) is 31.7 Å². The molecule has 0 N–H and O–H groups in total. The van der Waals surface area contributed by atoms with Crippen LogP contribution in [0.2, 0.25) is 0 Å². The van der Waals surface area contributed by atoms with Crippen molar-refractivity contribution in [2.75, 3.05) is 31.1 Å². The molecule has 0 saturated carbocycles. The van der Waals surface area contributed by atoms with Gasteiger partial charge in [0.25, 0.3) is 0 Å². The first-order chi connectivity index (χ1) is 14.9. The Bertz CT molecular complexity index is 1200. The van der Waals surface area contributed by atoms with E-state index in [1.807, 2.05) is 48.2 Å². The molecule has 0 atom stereocenters. The number of aryl methyl sites for hydroxylation is 1. The molecule has 3 aromatic rings. The Morgan fingerprint density at radius 3 is 2.29 bits per heavy atom. The molecular formula is C23H24N4O3S. The van der Waals surface area contributed by atoms with Crippen molar-refractivity contribution in [2.24, 2.45) is 0 Å². The van der Waals surface area contributed by atoms with Crippen LogP contribution in [0.5, 0.6) is 0 Å². The fourth-order valence-electron chi connectivity index (χ4n) is 3.68. The van der Waals surface area contributed by atoms with E-state index in [1.54, 1.807) is 12.1 Å². The lowest BCUT2D eigenvalue weighted by Gasteiger charge is -2.34. The van der Waals surface area contributed by atoms with E-state index in [4.69, 9.17) is 0 Å². The Balaban J connectivity index is 1.45. The van der Waals surface area contributed by atoms with Crippen molar-refractivity contribution in [3.8, 4) is 11.3 Å². The van der Waals surface area contributed by atoms with Crippen LogP contribution in [0, 0.1) is 6.92 Å². The standard InChI is InChI=1S/C23H24N4O3S/c1-17-6-3-4-9-21(17)22-10-11-23(25-24-22)26-12-14-27(15-13-26)31(29,30)20-8-5-7-19(16-20)18(2)28/h3-11,16H,12-15H2,1-2H3. The molecule has 0 radical (unpaired) electrons. The summed E-state index contributed by atoms with van der Waals surface area (Å²) in [6.07, 6.45) is 0. The third-order valence-electron chi connectivity index (χ3n) is 5.51. The Hall–Kier alpha value is -3.10. The van der Waals surface area contributed by atoms with Gasteiger partial charge in [-0.2, -0.15) is 4.31 Å². The molecule has 160 valence electrons. The van der Waals surface area contributed by atoms with Gasteiger partial charge in [-0.3, -0.25) is 4.79 Å². The summed E-state index contributed by atoms with van der Waals surface area (Å²) in [5, 5.41) is 8.74. The molecule has 1 fully saturated rings. The van der Waals surface area contributed by atoms with E-state index in [-0.39, 0.29) is 10.7 Å². The number of aromatic nitrogens is 2. The van der Waals surface area contributed by atoms with Gasteiger partial charge in [-0.15, -0.1) is 10.2 Å². The number of benzene rings is 2. The predicted molar refractivity (Wildman–Crippen MR) is 120 cm³/mol. The first-order valence-corrected chi connectivity index (χ1v) is 11.6. The minimum absolute atomic E-state index is 0.149. The van der Waals surface area contributed by atoms with Crippen molar-refractivity contribution in [3.05, 3.63) is 71.8 Å². The average Bonchev–Trinajstić information content (AvgIpc) is 2.80. The second-order valence-electron chi connectivity index (χ2n) is 7.57. The predicted octanol–water partition coefficient (Wildman–Crippen LogP) is 3.17. The fraction of sp³-hybridized carbons (Fsp3) is 0.261. The number of piperazine rings is 1. The molecule has 1 aromatic heterocycles. The van der Waals surface area contributed by atoms with Crippen LogP contribution < -0.4 is 4.90 Å². The minimum atomic E-state index is -3.65. The summed E-state index contributed by atoms with van der Waals surface area (Å²) < 4.78 is 27.5. The van der Waals surface area contributed by atoms with Crippen LogP contribution in [0.1, 0.15) is 22.8 Å². The molecule has 0 bridgehead atoms. The normalized spacial score (nSPS) is 15.1. The smallest absolute Gasteiger partial charge is 0.243 e. The number of ketones is 1. The van der Waals surface area contributed by atoms with Crippen molar-refractivity contribution in [1.82, 2.24) is 14.5 Å². The molecule has 1 aliphatic heterocycles. The second kappa shape index (κ2) is 8.56. The highest BCUT2D eigenvalue weighted by atomic mass is 32.2. The largest absolute Gasteiger partial charge is 0.352 e. The molecule has 7 nitrogen and oxygen atoms in total. The topological polar surface area (TPSA) is 83.5 Å². The van der Waals surface area contributed by atoms with E-state index >= 15 is 0 Å². The fourth-order valence-corrected chi connectivity index (χ4v) is 5.15. The van der Waals surface area contributed by atoms with Gasteiger partial charge in [0, 0.05) is 37.3 Å². The van der Waals surface area contributed by atoms with Crippen LogP contribution >= 0.6 is 0 Å². The highest BCUT2D eigenvalue weighted by Gasteiger charge is 2.29. The second-order valence-corrected chi connectivity index (χ2v) is 9.50. The highest BCUT2D eigenvalue weighted by Crippen LogP contribution is 2.24.